The maximum atomic E-state index is 12.4. The summed E-state index contributed by atoms with van der Waals surface area (Å²) in [4.78, 5) is 18.1. The highest BCUT2D eigenvalue weighted by molar-refractivity contribution is 9.10. The van der Waals surface area contributed by atoms with Gasteiger partial charge in [-0.25, -0.2) is 4.98 Å². The molecule has 0 saturated carbocycles. The van der Waals surface area contributed by atoms with Crippen molar-refractivity contribution in [2.75, 3.05) is 19.1 Å². The molecule has 2 aromatic rings. The van der Waals surface area contributed by atoms with E-state index in [1.54, 1.807) is 31.7 Å². The van der Waals surface area contributed by atoms with E-state index in [0.717, 1.165) is 9.48 Å². The molecule has 0 atom stereocenters. The molecule has 0 aliphatic carbocycles. The first-order chi connectivity index (χ1) is 9.52. The van der Waals surface area contributed by atoms with E-state index in [1.807, 2.05) is 6.07 Å². The summed E-state index contributed by atoms with van der Waals surface area (Å²) in [7, 11) is 3.27. The van der Waals surface area contributed by atoms with Crippen molar-refractivity contribution in [1.29, 1.82) is 0 Å². The third kappa shape index (κ3) is 3.38. The van der Waals surface area contributed by atoms with Gasteiger partial charge in [-0.3, -0.25) is 4.79 Å². The predicted octanol–water partition coefficient (Wildman–Crippen LogP) is 3.98. The van der Waals surface area contributed by atoms with Crippen LogP contribution in [0.1, 0.15) is 15.5 Å². The Labute approximate surface area is 134 Å². The molecule has 0 spiro atoms. The Morgan fingerprint density at radius 3 is 2.95 bits per heavy atom. The van der Waals surface area contributed by atoms with E-state index in [2.05, 4.69) is 20.9 Å². The van der Waals surface area contributed by atoms with Crippen molar-refractivity contribution in [2.24, 2.45) is 0 Å². The van der Waals surface area contributed by atoms with Gasteiger partial charge < -0.3 is 9.64 Å². The van der Waals surface area contributed by atoms with Crippen LogP contribution in [0.4, 0.5) is 5.69 Å². The van der Waals surface area contributed by atoms with E-state index >= 15 is 0 Å². The van der Waals surface area contributed by atoms with Gasteiger partial charge in [0.25, 0.3) is 5.91 Å². The lowest BCUT2D eigenvalue weighted by atomic mass is 10.3. The number of hydrogen-bond donors (Lipinski definition) is 0. The number of amides is 1. The van der Waals surface area contributed by atoms with Crippen LogP contribution < -0.4 is 4.90 Å². The Kier molecular flexibility index (Phi) is 5.15. The first-order valence-electron chi connectivity index (χ1n) is 5.69. The van der Waals surface area contributed by atoms with Gasteiger partial charge in [-0.05, 0) is 18.2 Å². The van der Waals surface area contributed by atoms with Crippen LogP contribution in [-0.2, 0) is 11.3 Å². The number of rotatable bonds is 4. The van der Waals surface area contributed by atoms with Crippen molar-refractivity contribution in [3.63, 3.8) is 0 Å². The number of aromatic nitrogens is 1. The molecular formula is C13H12BrClN2O2S. The zero-order chi connectivity index (χ0) is 14.7. The van der Waals surface area contributed by atoms with Crippen molar-refractivity contribution >= 4 is 50.5 Å². The van der Waals surface area contributed by atoms with Crippen LogP contribution in [0.5, 0.6) is 0 Å². The SMILES string of the molecule is COCc1nc(C(=O)N(C)c2ccc(Br)cc2Cl)cs1. The summed E-state index contributed by atoms with van der Waals surface area (Å²) in [5.74, 6) is -0.201. The van der Waals surface area contributed by atoms with Crippen molar-refractivity contribution in [2.45, 2.75) is 6.61 Å². The fraction of sp³-hybridized carbons (Fsp3) is 0.231. The van der Waals surface area contributed by atoms with Crippen LogP contribution in [-0.4, -0.2) is 25.0 Å². The highest BCUT2D eigenvalue weighted by atomic mass is 79.9. The Hall–Kier alpha value is -0.950. The lowest BCUT2D eigenvalue weighted by Gasteiger charge is -2.17. The molecule has 1 aromatic carbocycles. The molecule has 0 aliphatic rings. The van der Waals surface area contributed by atoms with E-state index in [0.29, 0.717) is 23.0 Å². The molecule has 106 valence electrons. The van der Waals surface area contributed by atoms with E-state index < -0.39 is 0 Å². The number of anilines is 1. The molecule has 4 nitrogen and oxygen atoms in total. The second-order valence-electron chi connectivity index (χ2n) is 4.02. The number of benzene rings is 1. The largest absolute Gasteiger partial charge is 0.378 e. The molecule has 0 unspecified atom stereocenters. The average molecular weight is 376 g/mol. The number of halogens is 2. The second-order valence-corrected chi connectivity index (χ2v) is 6.28. The van der Waals surface area contributed by atoms with Gasteiger partial charge in [-0.2, -0.15) is 0 Å². The summed E-state index contributed by atoms with van der Waals surface area (Å²) in [6.07, 6.45) is 0. The van der Waals surface area contributed by atoms with Crippen LogP contribution in [0.2, 0.25) is 5.02 Å². The molecule has 2 rings (SSSR count). The van der Waals surface area contributed by atoms with Crippen LogP contribution in [0.25, 0.3) is 0 Å². The van der Waals surface area contributed by atoms with E-state index in [-0.39, 0.29) is 5.91 Å². The Morgan fingerprint density at radius 2 is 2.30 bits per heavy atom. The van der Waals surface area contributed by atoms with Crippen molar-refractivity contribution in [3.8, 4) is 0 Å². The number of carbonyl (C=O) groups excluding carboxylic acids is 1. The van der Waals surface area contributed by atoms with Crippen molar-refractivity contribution in [1.82, 2.24) is 4.98 Å². The Balaban J connectivity index is 2.22. The van der Waals surface area contributed by atoms with E-state index in [4.69, 9.17) is 16.3 Å². The average Bonchev–Trinajstić information content (AvgIpc) is 2.86. The van der Waals surface area contributed by atoms with Crippen LogP contribution >= 0.6 is 38.9 Å². The molecule has 0 bridgehead atoms. The standard InChI is InChI=1S/C13H12BrClN2O2S/c1-17(11-4-3-8(14)5-9(11)15)13(18)10-7-20-12(16-10)6-19-2/h3-5,7H,6H2,1-2H3. The summed E-state index contributed by atoms with van der Waals surface area (Å²) >= 11 is 10.9. The smallest absolute Gasteiger partial charge is 0.277 e. The first kappa shape index (κ1) is 15.4. The maximum Gasteiger partial charge on any atom is 0.277 e. The number of nitrogens with zero attached hydrogens (tertiary/aromatic N) is 2. The zero-order valence-corrected chi connectivity index (χ0v) is 14.1. The van der Waals surface area contributed by atoms with E-state index in [9.17, 15) is 4.79 Å². The molecule has 0 radical (unpaired) electrons. The minimum atomic E-state index is -0.201. The second kappa shape index (κ2) is 6.67. The third-order valence-electron chi connectivity index (χ3n) is 2.61. The molecule has 1 heterocycles. The van der Waals surface area contributed by atoms with Crippen molar-refractivity contribution in [3.05, 3.63) is 43.8 Å². The van der Waals surface area contributed by atoms with Crippen LogP contribution in [0.3, 0.4) is 0 Å². The summed E-state index contributed by atoms with van der Waals surface area (Å²) in [5, 5.41) is 2.99. The zero-order valence-electron chi connectivity index (χ0n) is 10.9. The minimum Gasteiger partial charge on any atom is -0.378 e. The fourth-order valence-electron chi connectivity index (χ4n) is 1.63. The van der Waals surface area contributed by atoms with Crippen LogP contribution in [0.15, 0.2) is 28.1 Å². The highest BCUT2D eigenvalue weighted by Crippen LogP contribution is 2.29. The van der Waals surface area contributed by atoms with Gasteiger partial charge in [-0.15, -0.1) is 11.3 Å². The van der Waals surface area contributed by atoms with E-state index in [1.165, 1.54) is 16.2 Å². The van der Waals surface area contributed by atoms with Gasteiger partial charge in [0.1, 0.15) is 10.7 Å². The number of carbonyl (C=O) groups is 1. The van der Waals surface area contributed by atoms with Gasteiger partial charge in [-0.1, -0.05) is 27.5 Å². The third-order valence-corrected chi connectivity index (χ3v) is 4.23. The quantitative estimate of drug-likeness (QED) is 0.811. The first-order valence-corrected chi connectivity index (χ1v) is 7.74. The summed E-state index contributed by atoms with van der Waals surface area (Å²) in [6, 6.07) is 5.37. The lowest BCUT2D eigenvalue weighted by molar-refractivity contribution is 0.0988. The van der Waals surface area contributed by atoms with Gasteiger partial charge in [0.05, 0.1) is 17.3 Å². The molecule has 0 fully saturated rings. The minimum absolute atomic E-state index is 0.201. The number of methoxy groups -OCH3 is 1. The predicted molar refractivity (Wildman–Crippen MR) is 84.7 cm³/mol. The summed E-state index contributed by atoms with van der Waals surface area (Å²) < 4.78 is 5.86. The van der Waals surface area contributed by atoms with Gasteiger partial charge in [0.15, 0.2) is 0 Å². The van der Waals surface area contributed by atoms with Crippen molar-refractivity contribution < 1.29 is 9.53 Å². The molecule has 0 N–H and O–H groups in total. The molecule has 7 heteroatoms. The molecule has 0 saturated heterocycles. The van der Waals surface area contributed by atoms with Gasteiger partial charge >= 0.3 is 0 Å². The van der Waals surface area contributed by atoms with Gasteiger partial charge in [0.2, 0.25) is 0 Å². The highest BCUT2D eigenvalue weighted by Gasteiger charge is 2.18. The van der Waals surface area contributed by atoms with Gasteiger partial charge in [0, 0.05) is 24.0 Å². The number of ether oxygens (including phenoxy) is 1. The van der Waals surface area contributed by atoms with Crippen LogP contribution in [0, 0.1) is 0 Å². The summed E-state index contributed by atoms with van der Waals surface area (Å²) in [6.45, 7) is 0.403. The molecule has 0 aliphatic heterocycles. The Morgan fingerprint density at radius 1 is 1.55 bits per heavy atom. The lowest BCUT2D eigenvalue weighted by Crippen LogP contribution is -2.26. The number of thiazole rings is 1. The number of hydrogen-bond acceptors (Lipinski definition) is 4. The molecular weight excluding hydrogens is 364 g/mol. The molecule has 1 amide bonds. The fourth-order valence-corrected chi connectivity index (χ4v) is 3.17. The maximum absolute atomic E-state index is 12.4. The normalized spacial score (nSPS) is 10.6. The Bertz CT molecular complexity index is 633. The topological polar surface area (TPSA) is 42.4 Å². The summed E-state index contributed by atoms with van der Waals surface area (Å²) in [5.41, 5.74) is 1.03. The monoisotopic (exact) mass is 374 g/mol. The molecule has 1 aromatic heterocycles. The molecule has 20 heavy (non-hydrogen) atoms.